The third-order valence-electron chi connectivity index (χ3n) is 2.92. The molecule has 0 heterocycles. The first-order chi connectivity index (χ1) is 14.1. The zero-order valence-electron chi connectivity index (χ0n) is 16.6. The Morgan fingerprint density at radius 2 is 1.48 bits per heavy atom. The highest BCUT2D eigenvalue weighted by molar-refractivity contribution is 5.88. The molecule has 31 heavy (non-hydrogen) atoms. The molecule has 15 nitrogen and oxygen atoms in total. The maximum absolute atomic E-state index is 10.3. The van der Waals surface area contributed by atoms with Gasteiger partial charge in [-0.3, -0.25) is 19.8 Å². The van der Waals surface area contributed by atoms with Gasteiger partial charge in [-0.25, -0.2) is 9.59 Å². The third kappa shape index (κ3) is 22.4. The topological polar surface area (TPSA) is 295 Å². The number of hydrogen-bond donors (Lipinski definition) is 10. The van der Waals surface area contributed by atoms with Crippen molar-refractivity contribution in [3.8, 4) is 0 Å². The van der Waals surface area contributed by atoms with Gasteiger partial charge in [-0.1, -0.05) is 6.08 Å². The Morgan fingerprint density at radius 1 is 1.03 bits per heavy atom. The van der Waals surface area contributed by atoms with Gasteiger partial charge in [-0.05, 0) is 19.8 Å². The summed E-state index contributed by atoms with van der Waals surface area (Å²) in [5.74, 6) is -7.02. The number of hydrogen-bond acceptors (Lipinski definition) is 8. The highest BCUT2D eigenvalue weighted by atomic mass is 16.4. The van der Waals surface area contributed by atoms with Gasteiger partial charge in [0.25, 0.3) is 0 Å². The summed E-state index contributed by atoms with van der Waals surface area (Å²) in [6, 6.07) is -0.821. The highest BCUT2D eigenvalue weighted by Crippen LogP contribution is 2.15. The van der Waals surface area contributed by atoms with Crippen molar-refractivity contribution in [2.75, 3.05) is 6.54 Å². The first-order valence-electron chi connectivity index (χ1n) is 8.40. The van der Waals surface area contributed by atoms with Crippen LogP contribution in [0.5, 0.6) is 0 Å². The molecule has 0 aliphatic rings. The van der Waals surface area contributed by atoms with Crippen LogP contribution in [0.4, 0.5) is 0 Å². The number of carbonyl (C=O) groups is 5. The summed E-state index contributed by atoms with van der Waals surface area (Å²) >= 11 is 0. The molecule has 0 fully saturated rings. The Hall–Kier alpha value is -3.72. The van der Waals surface area contributed by atoms with E-state index in [1.807, 2.05) is 0 Å². The summed E-state index contributed by atoms with van der Waals surface area (Å²) in [6.45, 7) is 2.14. The van der Waals surface area contributed by atoms with Gasteiger partial charge in [0, 0.05) is 12.6 Å². The number of rotatable bonds is 11. The molecule has 0 aromatic rings. The molecule has 1 atom stereocenters. The van der Waals surface area contributed by atoms with Crippen molar-refractivity contribution < 1.29 is 54.6 Å². The third-order valence-corrected chi connectivity index (χ3v) is 2.92. The second-order valence-corrected chi connectivity index (χ2v) is 5.74. The number of aliphatic carboxylic acids is 5. The molecule has 0 aliphatic heterocycles. The SMILES string of the molecule is CC=CC(=O)O.N=C(N)NCCCC(N)C(=O)O.O=C(O)CC(O)(CC(=O)O)C(=O)O. The fourth-order valence-electron chi connectivity index (χ4n) is 1.53. The second kappa shape index (κ2) is 17.2. The molecule has 0 aromatic heterocycles. The summed E-state index contributed by atoms with van der Waals surface area (Å²) in [6.07, 6.45) is 1.24. The molecule has 0 bridgehead atoms. The molecule has 0 saturated heterocycles. The number of guanidine groups is 1. The highest BCUT2D eigenvalue weighted by Gasteiger charge is 2.40. The van der Waals surface area contributed by atoms with Crippen LogP contribution in [-0.2, 0) is 24.0 Å². The van der Waals surface area contributed by atoms with Crippen molar-refractivity contribution in [1.29, 1.82) is 5.41 Å². The zero-order chi connectivity index (χ0) is 25.2. The Morgan fingerprint density at radius 3 is 1.71 bits per heavy atom. The first-order valence-corrected chi connectivity index (χ1v) is 8.40. The maximum atomic E-state index is 10.3. The van der Waals surface area contributed by atoms with Gasteiger partial charge in [-0.2, -0.15) is 0 Å². The molecule has 0 rings (SSSR count). The molecule has 1 unspecified atom stereocenters. The van der Waals surface area contributed by atoms with Crippen LogP contribution >= 0.6 is 0 Å². The summed E-state index contributed by atoms with van der Waals surface area (Å²) in [5.41, 5.74) is 7.48. The van der Waals surface area contributed by atoms with Gasteiger partial charge in [0.15, 0.2) is 11.6 Å². The van der Waals surface area contributed by atoms with E-state index in [2.05, 4.69) is 5.32 Å². The number of carboxylic acid groups (broad SMARTS) is 5. The number of nitrogens with two attached hydrogens (primary N) is 2. The maximum Gasteiger partial charge on any atom is 0.336 e. The first kappa shape index (κ1) is 32.0. The summed E-state index contributed by atoms with van der Waals surface area (Å²) in [4.78, 5) is 50.2. The van der Waals surface area contributed by atoms with Crippen LogP contribution in [0, 0.1) is 5.41 Å². The Balaban J connectivity index is -0.000000405. The van der Waals surface area contributed by atoms with Crippen LogP contribution < -0.4 is 16.8 Å². The van der Waals surface area contributed by atoms with Crippen molar-refractivity contribution in [3.63, 3.8) is 0 Å². The van der Waals surface area contributed by atoms with Crippen LogP contribution in [-0.4, -0.2) is 84.6 Å². The molecule has 0 amide bonds. The minimum atomic E-state index is -2.74. The molecule has 178 valence electrons. The van der Waals surface area contributed by atoms with Gasteiger partial charge in [0.05, 0.1) is 12.8 Å². The number of carboxylic acids is 5. The van der Waals surface area contributed by atoms with Crippen molar-refractivity contribution in [2.24, 2.45) is 11.5 Å². The largest absolute Gasteiger partial charge is 0.481 e. The predicted molar refractivity (Wildman–Crippen MR) is 104 cm³/mol. The van der Waals surface area contributed by atoms with Crippen molar-refractivity contribution in [2.45, 2.75) is 44.2 Å². The van der Waals surface area contributed by atoms with E-state index in [0.29, 0.717) is 19.4 Å². The van der Waals surface area contributed by atoms with Crippen LogP contribution in [0.25, 0.3) is 0 Å². The monoisotopic (exact) mass is 452 g/mol. The fraction of sp³-hybridized carbons (Fsp3) is 0.500. The van der Waals surface area contributed by atoms with Crippen LogP contribution in [0.1, 0.15) is 32.6 Å². The lowest BCUT2D eigenvalue weighted by Crippen LogP contribution is -2.42. The molecule has 12 N–H and O–H groups in total. The lowest BCUT2D eigenvalue weighted by atomic mass is 9.96. The van der Waals surface area contributed by atoms with Crippen molar-refractivity contribution in [1.82, 2.24) is 5.32 Å². The average Bonchev–Trinajstić information content (AvgIpc) is 2.57. The second-order valence-electron chi connectivity index (χ2n) is 5.74. The van der Waals surface area contributed by atoms with Crippen LogP contribution in [0.15, 0.2) is 12.2 Å². The Kier molecular flexibility index (Phi) is 17.7. The summed E-state index contributed by atoms with van der Waals surface area (Å²) in [5, 5.41) is 59.4. The molecule has 0 saturated carbocycles. The molecular weight excluding hydrogens is 424 g/mol. The molecule has 0 aliphatic carbocycles. The smallest absolute Gasteiger partial charge is 0.336 e. The summed E-state index contributed by atoms with van der Waals surface area (Å²) in [7, 11) is 0. The Labute approximate surface area is 176 Å². The van der Waals surface area contributed by atoms with E-state index in [-0.39, 0.29) is 5.96 Å². The van der Waals surface area contributed by atoms with Gasteiger partial charge >= 0.3 is 29.8 Å². The molecule has 0 radical (unpaired) electrons. The zero-order valence-corrected chi connectivity index (χ0v) is 16.6. The lowest BCUT2D eigenvalue weighted by Gasteiger charge is -2.18. The Bertz CT molecular complexity index is 648. The van der Waals surface area contributed by atoms with Crippen LogP contribution in [0.3, 0.4) is 0 Å². The number of aliphatic hydroxyl groups is 1. The van der Waals surface area contributed by atoms with E-state index in [1.54, 1.807) is 6.92 Å². The molecule has 0 spiro atoms. The van der Waals surface area contributed by atoms with E-state index < -0.39 is 54.3 Å². The number of allylic oxidation sites excluding steroid dienone is 1. The predicted octanol–water partition coefficient (Wildman–Crippen LogP) is -1.94. The normalized spacial score (nSPS) is 11.1. The van der Waals surface area contributed by atoms with Gasteiger partial charge in [0.1, 0.15) is 6.04 Å². The minimum Gasteiger partial charge on any atom is -0.481 e. The molecule has 0 aromatic carbocycles. The molecule has 15 heteroatoms. The van der Waals surface area contributed by atoms with Crippen molar-refractivity contribution >= 4 is 35.8 Å². The average molecular weight is 452 g/mol. The van der Waals surface area contributed by atoms with E-state index in [0.717, 1.165) is 6.08 Å². The molecular formula is C16H28N4O11. The van der Waals surface area contributed by atoms with Crippen molar-refractivity contribution in [3.05, 3.63) is 12.2 Å². The minimum absolute atomic E-state index is 0.112. The van der Waals surface area contributed by atoms with E-state index >= 15 is 0 Å². The quantitative estimate of drug-likeness (QED) is 0.0706. The lowest BCUT2D eigenvalue weighted by molar-refractivity contribution is -0.170. The van der Waals surface area contributed by atoms with Gasteiger partial charge < -0.3 is 47.4 Å². The van der Waals surface area contributed by atoms with Crippen LogP contribution in [0.2, 0.25) is 0 Å². The standard InChI is InChI=1S/C6H14N4O2.C6H8O7.C4H6O2/c7-4(5(11)12)2-1-3-10-6(8)9;7-3(8)1-6(13,5(11)12)2-4(9)10;1-2-3-4(5)6/h4H,1-3,7H2,(H,11,12)(H4,8,9,10);13H,1-2H2,(H,7,8)(H,9,10)(H,11,12);2-3H,1H3,(H,5,6). The fourth-order valence-corrected chi connectivity index (χ4v) is 1.53. The van der Waals surface area contributed by atoms with Gasteiger partial charge in [0.2, 0.25) is 0 Å². The summed E-state index contributed by atoms with van der Waals surface area (Å²) < 4.78 is 0. The van der Waals surface area contributed by atoms with E-state index in [1.165, 1.54) is 6.08 Å². The van der Waals surface area contributed by atoms with E-state index in [9.17, 15) is 24.0 Å². The number of nitrogens with one attached hydrogen (secondary N) is 2. The van der Waals surface area contributed by atoms with E-state index in [4.69, 9.17) is 47.5 Å². The van der Waals surface area contributed by atoms with Gasteiger partial charge in [-0.15, -0.1) is 0 Å².